The topological polar surface area (TPSA) is 86.1 Å². The number of hydrogen-bond donors (Lipinski definition) is 1. The van der Waals surface area contributed by atoms with Gasteiger partial charge >= 0.3 is 5.97 Å². The van der Waals surface area contributed by atoms with E-state index in [1.54, 1.807) is 13.0 Å². The number of nitrogens with one attached hydrogen (secondary N) is 1. The molecule has 0 fully saturated rings. The van der Waals surface area contributed by atoms with Crippen LogP contribution in [0, 0.1) is 6.92 Å². The van der Waals surface area contributed by atoms with Crippen LogP contribution in [-0.2, 0) is 9.53 Å². The van der Waals surface area contributed by atoms with Crippen LogP contribution in [0.2, 0.25) is 0 Å². The lowest BCUT2D eigenvalue weighted by Crippen LogP contribution is -2.27. The third-order valence-corrected chi connectivity index (χ3v) is 4.09. The fourth-order valence-corrected chi connectivity index (χ4v) is 2.62. The smallest absolute Gasteiger partial charge is 0.333 e. The van der Waals surface area contributed by atoms with Crippen LogP contribution >= 0.6 is 0 Å². The molecule has 0 unspecified atom stereocenters. The van der Waals surface area contributed by atoms with Crippen molar-refractivity contribution in [2.45, 2.75) is 20.3 Å². The van der Waals surface area contributed by atoms with Crippen molar-refractivity contribution in [1.82, 2.24) is 20.3 Å². The van der Waals surface area contributed by atoms with Crippen LogP contribution in [0.1, 0.15) is 29.3 Å². The summed E-state index contributed by atoms with van der Waals surface area (Å²) in [5.41, 5.74) is 3.96. The minimum absolute atomic E-state index is 0.221. The first-order valence-corrected chi connectivity index (χ1v) is 8.99. The molecule has 3 rings (SSSR count). The Morgan fingerprint density at radius 3 is 2.46 bits per heavy atom. The average Bonchev–Trinajstić information content (AvgIpc) is 3.11. The molecule has 1 aromatic heterocycles. The van der Waals surface area contributed by atoms with E-state index in [1.165, 1.54) is 4.80 Å². The number of ether oxygens (including phenoxy) is 1. The van der Waals surface area contributed by atoms with Gasteiger partial charge in [0.15, 0.2) is 0 Å². The number of aryl methyl sites for hydroxylation is 1. The second kappa shape index (κ2) is 8.47. The van der Waals surface area contributed by atoms with Crippen molar-refractivity contribution in [3.8, 4) is 5.69 Å². The molecule has 0 aliphatic carbocycles. The molecule has 0 aliphatic rings. The van der Waals surface area contributed by atoms with Gasteiger partial charge in [-0.1, -0.05) is 24.8 Å². The SMILES string of the molecule is C=C(C)C(=O)OCCCNC(=O)c1ccc(C)cc1-n1nc2ccccc2n1. The van der Waals surface area contributed by atoms with Gasteiger partial charge < -0.3 is 10.1 Å². The summed E-state index contributed by atoms with van der Waals surface area (Å²) in [6.07, 6.45) is 0.510. The molecule has 7 heteroatoms. The number of carbonyl (C=O) groups is 2. The number of benzene rings is 2. The van der Waals surface area contributed by atoms with Gasteiger partial charge in [0.2, 0.25) is 0 Å². The molecule has 7 nitrogen and oxygen atoms in total. The van der Waals surface area contributed by atoms with E-state index in [0.29, 0.717) is 29.8 Å². The fraction of sp³-hybridized carbons (Fsp3) is 0.238. The van der Waals surface area contributed by atoms with Gasteiger partial charge in [-0.3, -0.25) is 4.79 Å². The van der Waals surface area contributed by atoms with E-state index >= 15 is 0 Å². The third kappa shape index (κ3) is 4.43. The van der Waals surface area contributed by atoms with Crippen molar-refractivity contribution in [2.75, 3.05) is 13.2 Å². The second-order valence-corrected chi connectivity index (χ2v) is 6.52. The van der Waals surface area contributed by atoms with Crippen molar-refractivity contribution < 1.29 is 14.3 Å². The Hall–Kier alpha value is -3.48. The van der Waals surface area contributed by atoms with Gasteiger partial charge in [0.25, 0.3) is 5.91 Å². The summed E-state index contributed by atoms with van der Waals surface area (Å²) in [5.74, 6) is -0.661. The molecule has 2 aromatic carbocycles. The zero-order valence-electron chi connectivity index (χ0n) is 15.9. The summed E-state index contributed by atoms with van der Waals surface area (Å²) in [4.78, 5) is 25.5. The molecule has 3 aromatic rings. The zero-order valence-corrected chi connectivity index (χ0v) is 15.9. The molecule has 0 atom stereocenters. The molecule has 1 amide bonds. The van der Waals surface area contributed by atoms with Gasteiger partial charge in [-0.2, -0.15) is 0 Å². The average molecular weight is 378 g/mol. The highest BCUT2D eigenvalue weighted by Gasteiger charge is 2.15. The van der Waals surface area contributed by atoms with Gasteiger partial charge in [-0.15, -0.1) is 15.0 Å². The van der Waals surface area contributed by atoms with Crippen molar-refractivity contribution >= 4 is 22.9 Å². The lowest BCUT2D eigenvalue weighted by molar-refractivity contribution is -0.138. The maximum Gasteiger partial charge on any atom is 0.333 e. The predicted molar refractivity (Wildman–Crippen MR) is 106 cm³/mol. The standard InChI is InChI=1S/C21H22N4O3/c1-14(2)21(27)28-12-6-11-22-20(26)16-10-9-15(3)13-19(16)25-23-17-7-4-5-8-18(17)24-25/h4-5,7-10,13H,1,6,11-12H2,2-3H3,(H,22,26). The number of esters is 1. The lowest BCUT2D eigenvalue weighted by atomic mass is 10.1. The Bertz CT molecular complexity index is 1010. The van der Waals surface area contributed by atoms with Crippen molar-refractivity contribution in [1.29, 1.82) is 0 Å². The highest BCUT2D eigenvalue weighted by Crippen LogP contribution is 2.18. The van der Waals surface area contributed by atoms with Gasteiger partial charge in [0.1, 0.15) is 11.0 Å². The fourth-order valence-electron chi connectivity index (χ4n) is 2.62. The Labute approximate surface area is 163 Å². The number of amides is 1. The van der Waals surface area contributed by atoms with E-state index in [-0.39, 0.29) is 12.5 Å². The molecule has 1 N–H and O–H groups in total. The van der Waals surface area contributed by atoms with E-state index in [9.17, 15) is 9.59 Å². The summed E-state index contributed by atoms with van der Waals surface area (Å²) in [6.45, 7) is 7.67. The Morgan fingerprint density at radius 1 is 1.14 bits per heavy atom. The zero-order chi connectivity index (χ0) is 20.1. The van der Waals surface area contributed by atoms with Crippen LogP contribution in [0.25, 0.3) is 16.7 Å². The van der Waals surface area contributed by atoms with Gasteiger partial charge in [-0.25, -0.2) is 4.79 Å². The molecule has 144 valence electrons. The molecule has 0 spiro atoms. The summed E-state index contributed by atoms with van der Waals surface area (Å²) in [5, 5.41) is 11.8. The Morgan fingerprint density at radius 2 is 1.82 bits per heavy atom. The highest BCUT2D eigenvalue weighted by atomic mass is 16.5. The first kappa shape index (κ1) is 19.3. The van der Waals surface area contributed by atoms with E-state index in [0.717, 1.165) is 16.6 Å². The number of hydrogen-bond acceptors (Lipinski definition) is 5. The molecule has 0 radical (unpaired) electrons. The molecule has 0 saturated carbocycles. The van der Waals surface area contributed by atoms with Crippen LogP contribution < -0.4 is 5.32 Å². The van der Waals surface area contributed by atoms with E-state index in [1.807, 2.05) is 43.3 Å². The highest BCUT2D eigenvalue weighted by molar-refractivity contribution is 5.98. The summed E-state index contributed by atoms with van der Waals surface area (Å²) < 4.78 is 5.02. The monoisotopic (exact) mass is 378 g/mol. The molecule has 0 saturated heterocycles. The number of fused-ring (bicyclic) bond motifs is 1. The maximum absolute atomic E-state index is 12.7. The maximum atomic E-state index is 12.7. The first-order valence-electron chi connectivity index (χ1n) is 8.99. The number of aromatic nitrogens is 3. The first-order chi connectivity index (χ1) is 13.5. The molecule has 0 aliphatic heterocycles. The molecule has 1 heterocycles. The number of nitrogens with zero attached hydrogens (tertiary/aromatic N) is 3. The van der Waals surface area contributed by atoms with Crippen molar-refractivity contribution in [3.05, 3.63) is 65.7 Å². The van der Waals surface area contributed by atoms with Crippen molar-refractivity contribution in [2.24, 2.45) is 0 Å². The number of rotatable bonds is 7. The van der Waals surface area contributed by atoms with Crippen LogP contribution in [0.15, 0.2) is 54.6 Å². The summed E-state index contributed by atoms with van der Waals surface area (Å²) >= 11 is 0. The molecular formula is C21H22N4O3. The van der Waals surface area contributed by atoms with Crippen LogP contribution in [-0.4, -0.2) is 40.0 Å². The third-order valence-electron chi connectivity index (χ3n) is 4.09. The van der Waals surface area contributed by atoms with E-state index < -0.39 is 5.97 Å². The summed E-state index contributed by atoms with van der Waals surface area (Å²) in [7, 11) is 0. The summed E-state index contributed by atoms with van der Waals surface area (Å²) in [6, 6.07) is 13.0. The minimum atomic E-state index is -0.427. The minimum Gasteiger partial charge on any atom is -0.462 e. The Kier molecular flexibility index (Phi) is 5.84. The molecular weight excluding hydrogens is 356 g/mol. The largest absolute Gasteiger partial charge is 0.462 e. The van der Waals surface area contributed by atoms with Gasteiger partial charge in [0.05, 0.1) is 17.9 Å². The van der Waals surface area contributed by atoms with Crippen LogP contribution in [0.5, 0.6) is 0 Å². The van der Waals surface area contributed by atoms with Gasteiger partial charge in [0, 0.05) is 12.1 Å². The van der Waals surface area contributed by atoms with E-state index in [2.05, 4.69) is 22.1 Å². The van der Waals surface area contributed by atoms with Crippen LogP contribution in [0.4, 0.5) is 0 Å². The number of carbonyl (C=O) groups excluding carboxylic acids is 2. The second-order valence-electron chi connectivity index (χ2n) is 6.52. The van der Waals surface area contributed by atoms with Gasteiger partial charge in [-0.05, 0) is 50.1 Å². The van der Waals surface area contributed by atoms with Crippen molar-refractivity contribution in [3.63, 3.8) is 0 Å². The normalized spacial score (nSPS) is 10.6. The quantitative estimate of drug-likeness (QED) is 0.388. The predicted octanol–water partition coefficient (Wildman–Crippen LogP) is 2.97. The van der Waals surface area contributed by atoms with Crippen LogP contribution in [0.3, 0.4) is 0 Å². The lowest BCUT2D eigenvalue weighted by Gasteiger charge is -2.10. The van der Waals surface area contributed by atoms with E-state index in [4.69, 9.17) is 4.74 Å². The molecule has 28 heavy (non-hydrogen) atoms. The molecule has 0 bridgehead atoms. The Balaban J connectivity index is 1.71.